The molecule has 26 heavy (non-hydrogen) atoms. The van der Waals surface area contributed by atoms with Crippen LogP contribution in [-0.4, -0.2) is 12.5 Å². The van der Waals surface area contributed by atoms with E-state index in [0.29, 0.717) is 0 Å². The van der Waals surface area contributed by atoms with Gasteiger partial charge in [0.1, 0.15) is 0 Å². The van der Waals surface area contributed by atoms with Gasteiger partial charge in [0.15, 0.2) is 0 Å². The Morgan fingerprint density at radius 1 is 0.500 bits per heavy atom. The summed E-state index contributed by atoms with van der Waals surface area (Å²) in [5.74, 6) is 0.267. The molecule has 1 N–H and O–H groups in total. The minimum absolute atomic E-state index is 0.267. The van der Waals surface area contributed by atoms with E-state index in [1.807, 2.05) is 0 Å². The average Bonchev–Trinajstić information content (AvgIpc) is 2.65. The highest BCUT2D eigenvalue weighted by atomic mass is 16.1. The van der Waals surface area contributed by atoms with Crippen molar-refractivity contribution < 1.29 is 4.79 Å². The Kier molecular flexibility index (Phi) is 22.1. The van der Waals surface area contributed by atoms with Crippen LogP contribution in [0, 0.1) is 0 Å². The Labute approximate surface area is 165 Å². The van der Waals surface area contributed by atoms with E-state index in [-0.39, 0.29) is 5.91 Å². The lowest BCUT2D eigenvalue weighted by atomic mass is 10.1. The Balaban J connectivity index is 3.13. The third-order valence-corrected chi connectivity index (χ3v) is 5.36. The Morgan fingerprint density at radius 2 is 0.846 bits per heavy atom. The van der Waals surface area contributed by atoms with Crippen LogP contribution in [0.15, 0.2) is 0 Å². The van der Waals surface area contributed by atoms with Gasteiger partial charge >= 0.3 is 0 Å². The first kappa shape index (κ1) is 25.5. The zero-order chi connectivity index (χ0) is 19.1. The molecule has 0 bridgehead atoms. The fraction of sp³-hybridized carbons (Fsp3) is 0.958. The highest BCUT2D eigenvalue weighted by Crippen LogP contribution is 2.11. The van der Waals surface area contributed by atoms with Crippen LogP contribution in [0.25, 0.3) is 0 Å². The first-order chi connectivity index (χ1) is 12.8. The van der Waals surface area contributed by atoms with Gasteiger partial charge in [0, 0.05) is 13.0 Å². The van der Waals surface area contributed by atoms with Crippen LogP contribution in [0.3, 0.4) is 0 Å². The molecule has 0 saturated heterocycles. The summed E-state index contributed by atoms with van der Waals surface area (Å²) in [6.07, 6.45) is 26.1. The van der Waals surface area contributed by atoms with E-state index < -0.39 is 0 Å². The normalized spacial score (nSPS) is 11.0. The van der Waals surface area contributed by atoms with E-state index in [1.165, 1.54) is 109 Å². The summed E-state index contributed by atoms with van der Waals surface area (Å²) < 4.78 is 0. The molecule has 0 aliphatic heterocycles. The van der Waals surface area contributed by atoms with Gasteiger partial charge in [0.2, 0.25) is 5.91 Å². The molecule has 2 nitrogen and oxygen atoms in total. The van der Waals surface area contributed by atoms with Gasteiger partial charge in [-0.1, -0.05) is 123 Å². The summed E-state index contributed by atoms with van der Waals surface area (Å²) in [6, 6.07) is 0. The van der Waals surface area contributed by atoms with Crippen molar-refractivity contribution in [3.8, 4) is 0 Å². The molecule has 156 valence electrons. The minimum Gasteiger partial charge on any atom is -0.356 e. The first-order valence-corrected chi connectivity index (χ1v) is 12.1. The van der Waals surface area contributed by atoms with E-state index in [4.69, 9.17) is 0 Å². The SMILES string of the molecule is CCCCCCCCCCCCCNC(=O)CCCCCCCCCC. The summed E-state index contributed by atoms with van der Waals surface area (Å²) >= 11 is 0. The van der Waals surface area contributed by atoms with Gasteiger partial charge in [-0.15, -0.1) is 0 Å². The molecule has 1 amide bonds. The van der Waals surface area contributed by atoms with Crippen LogP contribution < -0.4 is 5.32 Å². The van der Waals surface area contributed by atoms with Gasteiger partial charge in [-0.05, 0) is 12.8 Å². The molecule has 0 saturated carbocycles. The summed E-state index contributed by atoms with van der Waals surface area (Å²) in [4.78, 5) is 11.8. The number of rotatable bonds is 21. The predicted octanol–water partition coefficient (Wildman–Crippen LogP) is 7.94. The van der Waals surface area contributed by atoms with Crippen molar-refractivity contribution in [2.75, 3.05) is 6.54 Å². The Morgan fingerprint density at radius 3 is 1.27 bits per heavy atom. The van der Waals surface area contributed by atoms with Gasteiger partial charge in [0.05, 0.1) is 0 Å². The fourth-order valence-electron chi connectivity index (χ4n) is 3.52. The number of carbonyl (C=O) groups excluding carboxylic acids is 1. The Hall–Kier alpha value is -0.530. The van der Waals surface area contributed by atoms with Gasteiger partial charge in [-0.25, -0.2) is 0 Å². The quantitative estimate of drug-likeness (QED) is 0.205. The van der Waals surface area contributed by atoms with Gasteiger partial charge in [0.25, 0.3) is 0 Å². The number of amides is 1. The molecule has 0 heterocycles. The minimum atomic E-state index is 0.267. The molecule has 0 aromatic heterocycles. The largest absolute Gasteiger partial charge is 0.356 e. The fourth-order valence-corrected chi connectivity index (χ4v) is 3.52. The number of unbranched alkanes of at least 4 members (excludes halogenated alkanes) is 17. The maximum Gasteiger partial charge on any atom is 0.219 e. The van der Waals surface area contributed by atoms with E-state index in [2.05, 4.69) is 19.2 Å². The van der Waals surface area contributed by atoms with Gasteiger partial charge in [-0.3, -0.25) is 4.79 Å². The second kappa shape index (κ2) is 22.5. The molecular formula is C24H49NO. The molecular weight excluding hydrogens is 318 g/mol. The smallest absolute Gasteiger partial charge is 0.219 e. The highest BCUT2D eigenvalue weighted by molar-refractivity contribution is 5.75. The summed E-state index contributed by atoms with van der Waals surface area (Å²) in [7, 11) is 0. The predicted molar refractivity (Wildman–Crippen MR) is 117 cm³/mol. The van der Waals surface area contributed by atoms with E-state index in [0.717, 1.165) is 25.8 Å². The van der Waals surface area contributed by atoms with Crippen LogP contribution in [0.2, 0.25) is 0 Å². The summed E-state index contributed by atoms with van der Waals surface area (Å²) in [5, 5.41) is 3.09. The number of carbonyl (C=O) groups is 1. The average molecular weight is 368 g/mol. The molecule has 0 rings (SSSR count). The molecule has 0 aromatic carbocycles. The molecule has 0 radical (unpaired) electrons. The van der Waals surface area contributed by atoms with Crippen molar-refractivity contribution in [1.82, 2.24) is 5.32 Å². The van der Waals surface area contributed by atoms with Crippen LogP contribution in [0.1, 0.15) is 142 Å². The van der Waals surface area contributed by atoms with Crippen LogP contribution in [0.4, 0.5) is 0 Å². The molecule has 0 aliphatic carbocycles. The van der Waals surface area contributed by atoms with E-state index >= 15 is 0 Å². The first-order valence-electron chi connectivity index (χ1n) is 12.1. The molecule has 0 unspecified atom stereocenters. The topological polar surface area (TPSA) is 29.1 Å². The van der Waals surface area contributed by atoms with Crippen molar-refractivity contribution in [3.63, 3.8) is 0 Å². The second-order valence-corrected chi connectivity index (χ2v) is 8.11. The number of hydrogen-bond donors (Lipinski definition) is 1. The molecule has 0 aromatic rings. The van der Waals surface area contributed by atoms with Crippen molar-refractivity contribution in [2.24, 2.45) is 0 Å². The summed E-state index contributed by atoms with van der Waals surface area (Å²) in [5.41, 5.74) is 0. The van der Waals surface area contributed by atoms with Crippen LogP contribution in [0.5, 0.6) is 0 Å². The number of hydrogen-bond acceptors (Lipinski definition) is 1. The van der Waals surface area contributed by atoms with Gasteiger partial charge < -0.3 is 5.32 Å². The second-order valence-electron chi connectivity index (χ2n) is 8.11. The third kappa shape index (κ3) is 21.5. The lowest BCUT2D eigenvalue weighted by Crippen LogP contribution is -2.23. The van der Waals surface area contributed by atoms with E-state index in [1.54, 1.807) is 0 Å². The van der Waals surface area contributed by atoms with Crippen molar-refractivity contribution in [1.29, 1.82) is 0 Å². The zero-order valence-corrected chi connectivity index (χ0v) is 18.3. The maximum atomic E-state index is 11.8. The highest BCUT2D eigenvalue weighted by Gasteiger charge is 2.00. The lowest BCUT2D eigenvalue weighted by Gasteiger charge is -2.06. The van der Waals surface area contributed by atoms with Crippen molar-refractivity contribution in [3.05, 3.63) is 0 Å². The lowest BCUT2D eigenvalue weighted by molar-refractivity contribution is -0.121. The number of nitrogens with one attached hydrogen (secondary N) is 1. The molecule has 0 aliphatic rings. The standard InChI is InChI=1S/C24H49NO/c1-3-5-7-9-11-13-14-15-17-19-21-23-25-24(26)22-20-18-16-12-10-8-6-4-2/h3-23H2,1-2H3,(H,25,26). The van der Waals surface area contributed by atoms with E-state index in [9.17, 15) is 4.79 Å². The third-order valence-electron chi connectivity index (χ3n) is 5.36. The maximum absolute atomic E-state index is 11.8. The molecule has 0 atom stereocenters. The Bertz CT molecular complexity index is 277. The van der Waals surface area contributed by atoms with Crippen LogP contribution >= 0.6 is 0 Å². The molecule has 2 heteroatoms. The van der Waals surface area contributed by atoms with Gasteiger partial charge in [-0.2, -0.15) is 0 Å². The molecule has 0 spiro atoms. The van der Waals surface area contributed by atoms with Crippen molar-refractivity contribution >= 4 is 5.91 Å². The van der Waals surface area contributed by atoms with Crippen LogP contribution in [-0.2, 0) is 4.79 Å². The zero-order valence-electron chi connectivity index (χ0n) is 18.3. The monoisotopic (exact) mass is 367 g/mol. The summed E-state index contributed by atoms with van der Waals surface area (Å²) in [6.45, 7) is 5.42. The van der Waals surface area contributed by atoms with Crippen molar-refractivity contribution in [2.45, 2.75) is 142 Å². The molecule has 0 fully saturated rings.